The van der Waals surface area contributed by atoms with Gasteiger partial charge < -0.3 is 13.9 Å². The first-order valence-corrected chi connectivity index (χ1v) is 18.1. The third-order valence-electron chi connectivity index (χ3n) is 11.5. The Morgan fingerprint density at radius 2 is 1.13 bits per heavy atom. The second-order valence-corrected chi connectivity index (χ2v) is 14.3. The molecule has 3 nitrogen and oxygen atoms in total. The number of fused-ring (bicyclic) bond motifs is 10. The topological polar surface area (TPSA) is 21.3 Å². The summed E-state index contributed by atoms with van der Waals surface area (Å²) in [5.41, 5.74) is 13.9. The fraction of sp³-hybridized carbons (Fsp3) is 0.0612. The SMILES string of the molecule is CC12c3cc4c5ccccc5n(-c5cccc(-c6ccccc6)c5)c4cc3N(c3cccc(-c4ccccc4)c3)C1C=Cc1oc3ccccc3c12. The highest BCUT2D eigenvalue weighted by atomic mass is 16.3. The minimum absolute atomic E-state index is 0.0367. The summed E-state index contributed by atoms with van der Waals surface area (Å²) in [5.74, 6) is 0.950. The summed E-state index contributed by atoms with van der Waals surface area (Å²) in [6.07, 6.45) is 4.56. The van der Waals surface area contributed by atoms with Crippen molar-refractivity contribution in [1.82, 2.24) is 4.57 Å². The summed E-state index contributed by atoms with van der Waals surface area (Å²) in [6.45, 7) is 2.43. The highest BCUT2D eigenvalue weighted by Crippen LogP contribution is 2.58. The van der Waals surface area contributed by atoms with Crippen molar-refractivity contribution in [3.8, 4) is 27.9 Å². The molecule has 1 aliphatic carbocycles. The molecule has 3 heterocycles. The molecule has 7 aromatic carbocycles. The summed E-state index contributed by atoms with van der Waals surface area (Å²) in [5, 5.41) is 3.68. The van der Waals surface area contributed by atoms with E-state index in [9.17, 15) is 0 Å². The lowest BCUT2D eigenvalue weighted by molar-refractivity contribution is 0.507. The third-order valence-corrected chi connectivity index (χ3v) is 11.5. The second kappa shape index (κ2) is 11.0. The number of rotatable bonds is 4. The molecule has 11 rings (SSSR count). The van der Waals surface area contributed by atoms with Crippen molar-refractivity contribution in [3.05, 3.63) is 193 Å². The van der Waals surface area contributed by atoms with Gasteiger partial charge in [0.15, 0.2) is 0 Å². The molecule has 0 fully saturated rings. The molecule has 52 heavy (non-hydrogen) atoms. The largest absolute Gasteiger partial charge is 0.456 e. The Balaban J connectivity index is 1.21. The molecule has 0 saturated carbocycles. The van der Waals surface area contributed by atoms with Crippen molar-refractivity contribution in [3.63, 3.8) is 0 Å². The highest BCUT2D eigenvalue weighted by Gasteiger charge is 2.52. The van der Waals surface area contributed by atoms with Gasteiger partial charge in [0, 0.05) is 44.2 Å². The fourth-order valence-corrected chi connectivity index (χ4v) is 9.14. The normalized spacial score (nSPS) is 17.5. The Bertz CT molecular complexity index is 2880. The summed E-state index contributed by atoms with van der Waals surface area (Å²) in [7, 11) is 0. The number of furan rings is 1. The van der Waals surface area contributed by atoms with E-state index in [0.29, 0.717) is 0 Å². The summed E-state index contributed by atoms with van der Waals surface area (Å²) in [6, 6.07) is 61.7. The number of para-hydroxylation sites is 2. The molecule has 2 unspecified atom stereocenters. The van der Waals surface area contributed by atoms with Gasteiger partial charge in [0.25, 0.3) is 0 Å². The first-order chi connectivity index (χ1) is 25.7. The monoisotopic (exact) mass is 666 g/mol. The van der Waals surface area contributed by atoms with E-state index in [4.69, 9.17) is 4.42 Å². The van der Waals surface area contributed by atoms with Crippen LogP contribution >= 0.6 is 0 Å². The fourth-order valence-electron chi connectivity index (χ4n) is 9.14. The Labute approximate surface area is 302 Å². The molecule has 0 spiro atoms. The van der Waals surface area contributed by atoms with Crippen LogP contribution in [0.3, 0.4) is 0 Å². The molecule has 2 atom stereocenters. The van der Waals surface area contributed by atoms with Gasteiger partial charge in [-0.15, -0.1) is 0 Å². The predicted molar refractivity (Wildman–Crippen MR) is 216 cm³/mol. The smallest absolute Gasteiger partial charge is 0.135 e. The number of nitrogens with zero attached hydrogens (tertiary/aromatic N) is 2. The van der Waals surface area contributed by atoms with Crippen molar-refractivity contribution < 1.29 is 4.42 Å². The van der Waals surface area contributed by atoms with Gasteiger partial charge in [-0.05, 0) is 89.3 Å². The Morgan fingerprint density at radius 3 is 1.88 bits per heavy atom. The molecule has 0 N–H and O–H groups in total. The van der Waals surface area contributed by atoms with Crippen LogP contribution in [0.25, 0.3) is 66.8 Å². The van der Waals surface area contributed by atoms with Crippen LogP contribution in [-0.2, 0) is 5.41 Å². The molecule has 9 aromatic rings. The lowest BCUT2D eigenvalue weighted by Gasteiger charge is -2.37. The molecule has 246 valence electrons. The lowest BCUT2D eigenvalue weighted by atomic mass is 9.69. The van der Waals surface area contributed by atoms with Crippen LogP contribution in [0.15, 0.2) is 180 Å². The quantitative estimate of drug-likeness (QED) is 0.186. The zero-order chi connectivity index (χ0) is 34.4. The van der Waals surface area contributed by atoms with Crippen LogP contribution in [-0.4, -0.2) is 10.6 Å². The van der Waals surface area contributed by atoms with E-state index >= 15 is 0 Å². The first-order valence-electron chi connectivity index (χ1n) is 18.1. The van der Waals surface area contributed by atoms with Gasteiger partial charge >= 0.3 is 0 Å². The second-order valence-electron chi connectivity index (χ2n) is 14.3. The molecular formula is C49H34N2O. The Kier molecular flexibility index (Phi) is 6.15. The van der Waals surface area contributed by atoms with Crippen LogP contribution in [0, 0.1) is 0 Å². The van der Waals surface area contributed by atoms with Crippen molar-refractivity contribution in [2.75, 3.05) is 4.90 Å². The van der Waals surface area contributed by atoms with E-state index in [1.54, 1.807) is 0 Å². The molecule has 0 bridgehead atoms. The van der Waals surface area contributed by atoms with Crippen LogP contribution in [0.5, 0.6) is 0 Å². The van der Waals surface area contributed by atoms with Crippen LogP contribution in [0.1, 0.15) is 23.8 Å². The number of aromatic nitrogens is 1. The Hall–Kier alpha value is -6.58. The third kappa shape index (κ3) is 4.08. The minimum atomic E-state index is -0.376. The average molecular weight is 667 g/mol. The number of hydrogen-bond donors (Lipinski definition) is 0. The van der Waals surface area contributed by atoms with Gasteiger partial charge in [-0.1, -0.05) is 127 Å². The summed E-state index contributed by atoms with van der Waals surface area (Å²) in [4.78, 5) is 2.57. The summed E-state index contributed by atoms with van der Waals surface area (Å²) < 4.78 is 9.01. The average Bonchev–Trinajstić information content (AvgIpc) is 3.83. The molecule has 2 aliphatic rings. The van der Waals surface area contributed by atoms with E-state index < -0.39 is 0 Å². The van der Waals surface area contributed by atoms with E-state index in [1.165, 1.54) is 71.9 Å². The van der Waals surface area contributed by atoms with Crippen molar-refractivity contribution in [2.45, 2.75) is 18.4 Å². The van der Waals surface area contributed by atoms with Crippen molar-refractivity contribution >= 4 is 50.2 Å². The highest BCUT2D eigenvalue weighted by molar-refractivity contribution is 6.11. The van der Waals surface area contributed by atoms with E-state index in [1.807, 2.05) is 0 Å². The van der Waals surface area contributed by atoms with Gasteiger partial charge in [-0.3, -0.25) is 0 Å². The number of benzene rings is 7. The standard InChI is InChI=1S/C49H34N2O/c1-49-41-30-40-38-22-8-10-24-42(38)50(36-20-12-18-34(28-36)32-14-4-2-5-15-32)43(40)31-44(41)51(37-21-13-19-35(29-37)33-16-6-3-7-17-33)47(49)27-26-46-48(49)39-23-9-11-25-45(39)52-46/h2-31,47H,1H3. The predicted octanol–water partition coefficient (Wildman–Crippen LogP) is 12.7. The van der Waals surface area contributed by atoms with Gasteiger partial charge in [-0.2, -0.15) is 0 Å². The van der Waals surface area contributed by atoms with Gasteiger partial charge in [-0.25, -0.2) is 0 Å². The number of anilines is 2. The Morgan fingerprint density at radius 1 is 0.519 bits per heavy atom. The van der Waals surface area contributed by atoms with E-state index in [2.05, 4.69) is 198 Å². The molecule has 3 heteroatoms. The van der Waals surface area contributed by atoms with E-state index in [-0.39, 0.29) is 11.5 Å². The van der Waals surface area contributed by atoms with Crippen LogP contribution in [0.4, 0.5) is 11.4 Å². The maximum Gasteiger partial charge on any atom is 0.135 e. The zero-order valence-electron chi connectivity index (χ0n) is 28.7. The van der Waals surface area contributed by atoms with Crippen molar-refractivity contribution in [1.29, 1.82) is 0 Å². The molecule has 0 amide bonds. The van der Waals surface area contributed by atoms with Crippen LogP contribution in [0.2, 0.25) is 0 Å². The van der Waals surface area contributed by atoms with E-state index in [0.717, 1.165) is 17.0 Å². The van der Waals surface area contributed by atoms with Crippen molar-refractivity contribution in [2.24, 2.45) is 0 Å². The molecular weight excluding hydrogens is 633 g/mol. The van der Waals surface area contributed by atoms with Crippen LogP contribution < -0.4 is 4.90 Å². The molecule has 0 saturated heterocycles. The van der Waals surface area contributed by atoms with Gasteiger partial charge in [0.05, 0.1) is 17.1 Å². The molecule has 0 radical (unpaired) electrons. The minimum Gasteiger partial charge on any atom is -0.456 e. The zero-order valence-corrected chi connectivity index (χ0v) is 28.7. The maximum absolute atomic E-state index is 6.55. The maximum atomic E-state index is 6.55. The van der Waals surface area contributed by atoms with Gasteiger partial charge in [0.1, 0.15) is 11.3 Å². The van der Waals surface area contributed by atoms with Gasteiger partial charge in [0.2, 0.25) is 0 Å². The lowest BCUT2D eigenvalue weighted by Crippen LogP contribution is -2.42. The molecule has 1 aliphatic heterocycles. The molecule has 2 aromatic heterocycles. The number of hydrogen-bond acceptors (Lipinski definition) is 2. The summed E-state index contributed by atoms with van der Waals surface area (Å²) >= 11 is 0. The first kappa shape index (κ1) is 29.2.